The number of esters is 2. The van der Waals surface area contributed by atoms with Gasteiger partial charge in [0.25, 0.3) is 0 Å². The van der Waals surface area contributed by atoms with E-state index in [2.05, 4.69) is 13.8 Å². The number of hydrogen-bond donors (Lipinski definition) is 7. The number of ether oxygens (including phenoxy) is 6. The molecule has 0 amide bonds. The topological polar surface area (TPSA) is 231 Å². The second-order valence-corrected chi connectivity index (χ2v) is 19.1. The van der Waals surface area contributed by atoms with Crippen LogP contribution in [0.4, 0.5) is 0 Å². The van der Waals surface area contributed by atoms with Crippen molar-refractivity contribution < 1.29 is 73.8 Å². The molecule has 66 heavy (non-hydrogen) atoms. The highest BCUT2D eigenvalue weighted by Gasteiger charge is 2.47. The third kappa shape index (κ3) is 27.0. The van der Waals surface area contributed by atoms with Gasteiger partial charge in [-0.3, -0.25) is 9.59 Å². The maximum atomic E-state index is 13.0. The van der Waals surface area contributed by atoms with E-state index in [1.165, 1.54) is 141 Å². The summed E-state index contributed by atoms with van der Waals surface area (Å²) in [7, 11) is 0. The Morgan fingerprint density at radius 1 is 0.424 bits per heavy atom. The highest BCUT2D eigenvalue weighted by atomic mass is 16.7. The molecule has 390 valence electrons. The van der Waals surface area contributed by atoms with Crippen LogP contribution in [0.2, 0.25) is 0 Å². The normalized spacial score (nSPS) is 26.1. The maximum absolute atomic E-state index is 13.0. The van der Waals surface area contributed by atoms with E-state index in [0.717, 1.165) is 38.5 Å². The molecule has 0 aromatic carbocycles. The number of aliphatic hydroxyl groups is 7. The summed E-state index contributed by atoms with van der Waals surface area (Å²) in [5.74, 6) is -0.909. The highest BCUT2D eigenvalue weighted by Crippen LogP contribution is 2.27. The first kappa shape index (κ1) is 60.6. The second kappa shape index (κ2) is 39.2. The molecule has 2 aliphatic heterocycles. The van der Waals surface area contributed by atoms with Crippen LogP contribution in [-0.4, -0.2) is 142 Å². The van der Waals surface area contributed by atoms with Crippen LogP contribution in [0.15, 0.2) is 0 Å². The Morgan fingerprint density at radius 3 is 1.18 bits per heavy atom. The predicted octanol–water partition coefficient (Wildman–Crippen LogP) is 7.61. The summed E-state index contributed by atoms with van der Waals surface area (Å²) in [5, 5.41) is 72.1. The summed E-state index contributed by atoms with van der Waals surface area (Å²) in [6, 6.07) is 0. The third-order valence-electron chi connectivity index (χ3n) is 13.1. The molecule has 11 atom stereocenters. The first-order valence-electron chi connectivity index (χ1n) is 26.6. The fourth-order valence-corrected chi connectivity index (χ4v) is 8.69. The molecule has 0 bridgehead atoms. The molecule has 0 aliphatic carbocycles. The zero-order valence-electron chi connectivity index (χ0n) is 41.2. The zero-order valence-corrected chi connectivity index (χ0v) is 41.2. The molecule has 2 rings (SSSR count). The highest BCUT2D eigenvalue weighted by molar-refractivity contribution is 5.70. The van der Waals surface area contributed by atoms with Crippen molar-refractivity contribution in [3.8, 4) is 0 Å². The third-order valence-corrected chi connectivity index (χ3v) is 13.1. The van der Waals surface area contributed by atoms with Gasteiger partial charge in [0.05, 0.1) is 19.8 Å². The predicted molar refractivity (Wildman–Crippen MR) is 252 cm³/mol. The number of carbonyl (C=O) groups excluding carboxylic acids is 2. The Labute approximate surface area is 398 Å². The minimum absolute atomic E-state index is 0.173. The molecule has 0 radical (unpaired) electrons. The van der Waals surface area contributed by atoms with Crippen LogP contribution >= 0.6 is 0 Å². The van der Waals surface area contributed by atoms with Crippen molar-refractivity contribution >= 4 is 11.9 Å². The summed E-state index contributed by atoms with van der Waals surface area (Å²) >= 11 is 0. The molecule has 2 fully saturated rings. The van der Waals surface area contributed by atoms with Gasteiger partial charge in [0.2, 0.25) is 0 Å². The molecular weight excluding hydrogens is 853 g/mol. The van der Waals surface area contributed by atoms with Crippen molar-refractivity contribution in [2.24, 2.45) is 0 Å². The summed E-state index contributed by atoms with van der Waals surface area (Å²) in [5.41, 5.74) is 0. The quantitative estimate of drug-likeness (QED) is 0.0231. The first-order valence-corrected chi connectivity index (χ1v) is 26.6. The minimum Gasteiger partial charge on any atom is -0.462 e. The van der Waals surface area contributed by atoms with Crippen LogP contribution in [0.5, 0.6) is 0 Å². The Hall–Kier alpha value is -1.50. The molecule has 0 saturated carbocycles. The van der Waals surface area contributed by atoms with Crippen LogP contribution in [0.3, 0.4) is 0 Å². The molecule has 7 N–H and O–H groups in total. The number of hydrogen-bond acceptors (Lipinski definition) is 15. The van der Waals surface area contributed by atoms with Gasteiger partial charge in [-0.25, -0.2) is 0 Å². The van der Waals surface area contributed by atoms with Crippen molar-refractivity contribution in [2.75, 3.05) is 26.4 Å². The van der Waals surface area contributed by atoms with Gasteiger partial charge < -0.3 is 64.2 Å². The Morgan fingerprint density at radius 2 is 0.773 bits per heavy atom. The van der Waals surface area contributed by atoms with E-state index in [4.69, 9.17) is 28.4 Å². The van der Waals surface area contributed by atoms with Crippen molar-refractivity contribution in [2.45, 2.75) is 287 Å². The van der Waals surface area contributed by atoms with E-state index in [-0.39, 0.29) is 26.1 Å². The van der Waals surface area contributed by atoms with Crippen molar-refractivity contribution in [1.29, 1.82) is 0 Å². The molecule has 0 spiro atoms. The number of carbonyl (C=O) groups is 2. The smallest absolute Gasteiger partial charge is 0.306 e. The van der Waals surface area contributed by atoms with Gasteiger partial charge in [0.15, 0.2) is 18.7 Å². The minimum atomic E-state index is -1.76. The van der Waals surface area contributed by atoms with Crippen LogP contribution in [0.25, 0.3) is 0 Å². The monoisotopic (exact) mass is 949 g/mol. The van der Waals surface area contributed by atoms with Gasteiger partial charge in [0.1, 0.15) is 55.4 Å². The lowest BCUT2D eigenvalue weighted by Crippen LogP contribution is -2.61. The molecule has 0 unspecified atom stereocenters. The van der Waals surface area contributed by atoms with E-state index in [1.54, 1.807) is 0 Å². The van der Waals surface area contributed by atoms with Crippen LogP contribution in [-0.2, 0) is 38.0 Å². The van der Waals surface area contributed by atoms with E-state index in [9.17, 15) is 45.3 Å². The van der Waals surface area contributed by atoms with Gasteiger partial charge in [-0.15, -0.1) is 0 Å². The largest absolute Gasteiger partial charge is 0.462 e. The lowest BCUT2D eigenvalue weighted by Gasteiger charge is -2.42. The van der Waals surface area contributed by atoms with Crippen molar-refractivity contribution in [3.05, 3.63) is 0 Å². The standard InChI is InChI=1S/C51H96O15/c1-3-5-7-9-11-13-15-17-18-19-20-22-24-26-28-30-32-34-43(54)64-39(36-61-42(53)33-31-29-27-25-23-21-16-14-12-10-8-6-4-2)37-62-50-49(60)47(58)45(56)41(66-50)38-63-51-48(59)46(57)44(55)40(35-52)65-51/h39-41,44-52,55-60H,3-38H2,1-2H3/t39-,40-,41-,44+,45+,46+,47+,48-,49-,50-,51+/m1/s1. The summed E-state index contributed by atoms with van der Waals surface area (Å²) in [4.78, 5) is 25.8. The van der Waals surface area contributed by atoms with Gasteiger partial charge in [-0.05, 0) is 12.8 Å². The average molecular weight is 949 g/mol. The lowest BCUT2D eigenvalue weighted by atomic mass is 9.98. The first-order chi connectivity index (χ1) is 32.0. The molecule has 15 heteroatoms. The number of unbranched alkanes of at least 4 members (excludes halogenated alkanes) is 28. The average Bonchev–Trinajstić information content (AvgIpc) is 3.31. The van der Waals surface area contributed by atoms with Gasteiger partial charge in [0, 0.05) is 12.8 Å². The summed E-state index contributed by atoms with van der Waals surface area (Å²) < 4.78 is 33.6. The number of rotatable bonds is 42. The Kier molecular flexibility index (Phi) is 36.0. The van der Waals surface area contributed by atoms with E-state index < -0.39 is 92.7 Å². The number of aliphatic hydroxyl groups excluding tert-OH is 7. The summed E-state index contributed by atoms with van der Waals surface area (Å²) in [6.45, 7) is 2.63. The van der Waals surface area contributed by atoms with Gasteiger partial charge in [-0.2, -0.15) is 0 Å². The molecule has 2 aliphatic rings. The fraction of sp³-hybridized carbons (Fsp3) is 0.961. The Balaban J connectivity index is 1.79. The Bertz CT molecular complexity index is 1160. The van der Waals surface area contributed by atoms with Gasteiger partial charge >= 0.3 is 11.9 Å². The van der Waals surface area contributed by atoms with Crippen LogP contribution in [0.1, 0.15) is 219 Å². The zero-order chi connectivity index (χ0) is 48.2. The van der Waals surface area contributed by atoms with Crippen molar-refractivity contribution in [1.82, 2.24) is 0 Å². The van der Waals surface area contributed by atoms with E-state index in [0.29, 0.717) is 12.8 Å². The molecular formula is C51H96O15. The molecule has 0 aromatic heterocycles. The van der Waals surface area contributed by atoms with E-state index in [1.807, 2.05) is 0 Å². The van der Waals surface area contributed by atoms with E-state index >= 15 is 0 Å². The lowest BCUT2D eigenvalue weighted by molar-refractivity contribution is -0.332. The molecule has 2 heterocycles. The van der Waals surface area contributed by atoms with Crippen LogP contribution in [0, 0.1) is 0 Å². The molecule has 2 saturated heterocycles. The second-order valence-electron chi connectivity index (χ2n) is 19.1. The maximum Gasteiger partial charge on any atom is 0.306 e. The van der Waals surface area contributed by atoms with Crippen molar-refractivity contribution in [3.63, 3.8) is 0 Å². The molecule has 15 nitrogen and oxygen atoms in total. The SMILES string of the molecule is CCCCCCCCCCCCCCCCCCCC(=O)O[C@H](COC(=O)CCCCCCCCCCCCCCC)CO[C@@H]1O[C@H](CO[C@H]2O[C@H](CO)[C@H](O)[C@H](O)[C@H]2O)[C@H](O)[C@H](O)[C@H]1O. The van der Waals surface area contributed by atoms with Gasteiger partial charge in [-0.1, -0.05) is 194 Å². The van der Waals surface area contributed by atoms with Crippen LogP contribution < -0.4 is 0 Å². The summed E-state index contributed by atoms with van der Waals surface area (Å²) in [6.07, 6.45) is 19.8. The molecule has 0 aromatic rings. The fourth-order valence-electron chi connectivity index (χ4n) is 8.69.